The van der Waals surface area contributed by atoms with Crippen molar-refractivity contribution in [2.24, 2.45) is 0 Å². The van der Waals surface area contributed by atoms with Crippen molar-refractivity contribution in [3.8, 4) is 0 Å². The molecule has 0 amide bonds. The maximum Gasteiger partial charge on any atom is 0.232 e. The van der Waals surface area contributed by atoms with Gasteiger partial charge in [-0.1, -0.05) is 6.42 Å². The van der Waals surface area contributed by atoms with Gasteiger partial charge in [-0.15, -0.1) is 0 Å². The van der Waals surface area contributed by atoms with Gasteiger partial charge in [0.05, 0.1) is 6.61 Å². The molecule has 1 N–H and O–H groups in total. The molecule has 2 aliphatic rings. The van der Waals surface area contributed by atoms with Crippen molar-refractivity contribution in [2.75, 3.05) is 13.2 Å². The predicted octanol–water partition coefficient (Wildman–Crippen LogP) is 0.700. The Morgan fingerprint density at radius 3 is 2.75 bits per heavy atom. The number of hydrogen-bond acceptors (Lipinski definition) is 5. The minimum Gasteiger partial charge on any atom is -0.383 e. The van der Waals surface area contributed by atoms with Crippen molar-refractivity contribution in [1.29, 1.82) is 0 Å². The summed E-state index contributed by atoms with van der Waals surface area (Å²) in [5.41, 5.74) is 0. The molecule has 1 aliphatic carbocycles. The summed E-state index contributed by atoms with van der Waals surface area (Å²) in [6.45, 7) is -0.223. The Labute approximate surface area is 93.7 Å². The van der Waals surface area contributed by atoms with Gasteiger partial charge in [0.15, 0.2) is 5.79 Å². The van der Waals surface area contributed by atoms with Crippen LogP contribution in [-0.2, 0) is 9.47 Å². The number of rotatable bonds is 3. The van der Waals surface area contributed by atoms with E-state index < -0.39 is 29.5 Å². The smallest absolute Gasteiger partial charge is 0.232 e. The third-order valence-electron chi connectivity index (χ3n) is 3.26. The van der Waals surface area contributed by atoms with E-state index in [0.717, 1.165) is 25.7 Å². The Balaban J connectivity index is 1.89. The van der Waals surface area contributed by atoms with Crippen molar-refractivity contribution in [2.45, 2.75) is 50.1 Å². The number of nitrogens with zero attached hydrogens (tertiary/aromatic N) is 1. The first-order valence-electron chi connectivity index (χ1n) is 5.73. The molecule has 0 bridgehead atoms. The van der Waals surface area contributed by atoms with Crippen LogP contribution in [0.2, 0.25) is 0 Å². The van der Waals surface area contributed by atoms with Crippen molar-refractivity contribution in [1.82, 2.24) is 0 Å². The molecule has 2 atom stereocenters. The number of ether oxygens (including phenoxy) is 2. The van der Waals surface area contributed by atoms with E-state index in [1.165, 1.54) is 6.42 Å². The lowest BCUT2D eigenvalue weighted by Crippen LogP contribution is -2.38. The molecule has 1 spiro atoms. The van der Waals surface area contributed by atoms with Crippen LogP contribution in [0.25, 0.3) is 0 Å². The van der Waals surface area contributed by atoms with E-state index in [1.54, 1.807) is 0 Å². The van der Waals surface area contributed by atoms with Crippen LogP contribution >= 0.6 is 0 Å². The molecule has 1 aliphatic heterocycles. The van der Waals surface area contributed by atoms with E-state index in [-0.39, 0.29) is 6.61 Å². The van der Waals surface area contributed by atoms with E-state index in [9.17, 15) is 15.2 Å². The van der Waals surface area contributed by atoms with Crippen LogP contribution in [0.3, 0.4) is 0 Å². The summed E-state index contributed by atoms with van der Waals surface area (Å²) in [6, 6.07) is 0. The topological polar surface area (TPSA) is 81.8 Å². The van der Waals surface area contributed by atoms with Gasteiger partial charge in [-0.05, 0) is 12.8 Å². The highest BCUT2D eigenvalue weighted by molar-refractivity contribution is 4.85. The lowest BCUT2D eigenvalue weighted by atomic mass is 9.94. The molecule has 1 saturated heterocycles. The lowest BCUT2D eigenvalue weighted by molar-refractivity contribution is -0.493. The van der Waals surface area contributed by atoms with Crippen molar-refractivity contribution >= 4 is 0 Å². The molecule has 2 rings (SSSR count). The summed E-state index contributed by atoms with van der Waals surface area (Å²) in [7, 11) is 0. The van der Waals surface area contributed by atoms with Gasteiger partial charge < -0.3 is 14.6 Å². The Morgan fingerprint density at radius 2 is 2.12 bits per heavy atom. The third-order valence-corrected chi connectivity index (χ3v) is 3.26. The Morgan fingerprint density at radius 1 is 1.44 bits per heavy atom. The SMILES string of the molecule is O=[N+]([O-])C[C@@H](O)[C@H]1COC2(CCCCC2)O1. The lowest BCUT2D eigenvalue weighted by Gasteiger charge is -2.32. The molecule has 16 heavy (non-hydrogen) atoms. The van der Waals surface area contributed by atoms with E-state index >= 15 is 0 Å². The van der Waals surface area contributed by atoms with Crippen LogP contribution in [0.4, 0.5) is 0 Å². The van der Waals surface area contributed by atoms with Gasteiger partial charge in [0, 0.05) is 17.8 Å². The van der Waals surface area contributed by atoms with Gasteiger partial charge in [-0.2, -0.15) is 0 Å². The fraction of sp³-hybridized carbons (Fsp3) is 1.00. The Bertz CT molecular complexity index is 264. The van der Waals surface area contributed by atoms with Gasteiger partial charge in [0.2, 0.25) is 6.54 Å². The molecular weight excluding hydrogens is 214 g/mol. The van der Waals surface area contributed by atoms with Crippen LogP contribution in [0.1, 0.15) is 32.1 Å². The van der Waals surface area contributed by atoms with Gasteiger partial charge in [0.25, 0.3) is 0 Å². The summed E-state index contributed by atoms with van der Waals surface area (Å²) in [6.07, 6.45) is 3.32. The van der Waals surface area contributed by atoms with E-state index in [2.05, 4.69) is 0 Å². The zero-order valence-electron chi connectivity index (χ0n) is 9.13. The highest BCUT2D eigenvalue weighted by Crippen LogP contribution is 2.38. The zero-order valence-corrected chi connectivity index (χ0v) is 9.13. The molecule has 2 fully saturated rings. The summed E-state index contributed by atoms with van der Waals surface area (Å²) >= 11 is 0. The molecule has 92 valence electrons. The van der Waals surface area contributed by atoms with Gasteiger partial charge in [-0.25, -0.2) is 0 Å². The third kappa shape index (κ3) is 2.50. The first-order chi connectivity index (χ1) is 7.61. The van der Waals surface area contributed by atoms with Crippen molar-refractivity contribution < 1.29 is 19.5 Å². The minimum atomic E-state index is -1.07. The molecule has 6 nitrogen and oxygen atoms in total. The molecular formula is C10H17NO5. The number of aliphatic hydroxyl groups excluding tert-OH is 1. The summed E-state index contributed by atoms with van der Waals surface area (Å²) in [5.74, 6) is -0.569. The molecule has 1 saturated carbocycles. The average molecular weight is 231 g/mol. The average Bonchev–Trinajstić information content (AvgIpc) is 2.62. The molecule has 0 radical (unpaired) electrons. The monoisotopic (exact) mass is 231 g/mol. The summed E-state index contributed by atoms with van der Waals surface area (Å²) in [4.78, 5) is 9.76. The van der Waals surface area contributed by atoms with Crippen LogP contribution < -0.4 is 0 Å². The zero-order chi connectivity index (χ0) is 11.6. The molecule has 0 aromatic rings. The first-order valence-corrected chi connectivity index (χ1v) is 5.73. The largest absolute Gasteiger partial charge is 0.383 e. The van der Waals surface area contributed by atoms with Crippen LogP contribution in [0, 0.1) is 10.1 Å². The summed E-state index contributed by atoms with van der Waals surface area (Å²) in [5, 5.41) is 19.9. The Hall–Kier alpha value is -0.720. The maximum atomic E-state index is 10.3. The van der Waals surface area contributed by atoms with Gasteiger partial charge in [0.1, 0.15) is 12.2 Å². The van der Waals surface area contributed by atoms with E-state index in [0.29, 0.717) is 0 Å². The highest BCUT2D eigenvalue weighted by Gasteiger charge is 2.45. The maximum absolute atomic E-state index is 10.3. The predicted molar refractivity (Wildman–Crippen MR) is 54.5 cm³/mol. The fourth-order valence-corrected chi connectivity index (χ4v) is 2.39. The van der Waals surface area contributed by atoms with Gasteiger partial charge in [-0.3, -0.25) is 10.1 Å². The molecule has 0 unspecified atom stereocenters. The number of hydrogen-bond donors (Lipinski definition) is 1. The van der Waals surface area contributed by atoms with Crippen LogP contribution in [0.15, 0.2) is 0 Å². The van der Waals surface area contributed by atoms with E-state index in [1.807, 2.05) is 0 Å². The standard InChI is InChI=1S/C10H17NO5/c12-8(6-11(13)14)9-7-15-10(16-9)4-2-1-3-5-10/h8-9,12H,1-7H2/t8-,9-/m1/s1. The molecule has 0 aromatic carbocycles. The molecule has 0 aromatic heterocycles. The quantitative estimate of drug-likeness (QED) is 0.571. The molecule has 6 heteroatoms. The second-order valence-electron chi connectivity index (χ2n) is 4.52. The van der Waals surface area contributed by atoms with Gasteiger partial charge >= 0.3 is 0 Å². The molecule has 1 heterocycles. The Kier molecular flexibility index (Phi) is 3.41. The van der Waals surface area contributed by atoms with Crippen molar-refractivity contribution in [3.05, 3.63) is 10.1 Å². The second-order valence-corrected chi connectivity index (χ2v) is 4.52. The number of nitro groups is 1. The van der Waals surface area contributed by atoms with E-state index in [4.69, 9.17) is 9.47 Å². The normalized spacial score (nSPS) is 30.4. The highest BCUT2D eigenvalue weighted by atomic mass is 16.7. The van der Waals surface area contributed by atoms with Crippen LogP contribution in [-0.4, -0.2) is 41.2 Å². The minimum absolute atomic E-state index is 0.259. The van der Waals surface area contributed by atoms with Crippen LogP contribution in [0.5, 0.6) is 0 Å². The summed E-state index contributed by atoms with van der Waals surface area (Å²) < 4.78 is 11.3. The number of aliphatic hydroxyl groups is 1. The first kappa shape index (κ1) is 11.8. The second kappa shape index (κ2) is 4.65. The van der Waals surface area contributed by atoms with Crippen molar-refractivity contribution in [3.63, 3.8) is 0 Å². The fourth-order valence-electron chi connectivity index (χ4n) is 2.39.